The molecule has 93 valence electrons. The van der Waals surface area contributed by atoms with Crippen LogP contribution in [0.5, 0.6) is 0 Å². The standard InChI is InChI=1S/C6H2N4O6.Ag/c11-8(12)4-2-1-3-5(6(4)9(13)14)7-16-10(3)15;/h1-2H;. The third-order valence-corrected chi connectivity index (χ3v) is 1.89. The molecular weight excluding hydrogens is 332 g/mol. The summed E-state index contributed by atoms with van der Waals surface area (Å²) in [7, 11) is 0. The molecule has 0 amide bonds. The van der Waals surface area contributed by atoms with Gasteiger partial charge in [-0.05, 0) is 4.90 Å². The van der Waals surface area contributed by atoms with E-state index in [9.17, 15) is 25.4 Å². The molecule has 0 saturated carbocycles. The molecule has 0 saturated heterocycles. The van der Waals surface area contributed by atoms with Crippen LogP contribution in [0.1, 0.15) is 0 Å². The van der Waals surface area contributed by atoms with Gasteiger partial charge in [0.15, 0.2) is 0 Å². The maximum atomic E-state index is 10.9. The Labute approximate surface area is 107 Å². The second-order valence-corrected chi connectivity index (χ2v) is 2.75. The van der Waals surface area contributed by atoms with Crippen LogP contribution in [0.4, 0.5) is 11.4 Å². The molecule has 0 spiro atoms. The van der Waals surface area contributed by atoms with Crippen molar-refractivity contribution in [1.29, 1.82) is 0 Å². The Kier molecular flexibility index (Phi) is 3.41. The van der Waals surface area contributed by atoms with E-state index in [0.717, 1.165) is 12.1 Å². The van der Waals surface area contributed by atoms with E-state index >= 15 is 0 Å². The number of hydrogen-bond donors (Lipinski definition) is 0. The van der Waals surface area contributed by atoms with Crippen LogP contribution >= 0.6 is 0 Å². The molecule has 11 heteroatoms. The third-order valence-electron chi connectivity index (χ3n) is 1.89. The van der Waals surface area contributed by atoms with Crippen molar-refractivity contribution in [2.45, 2.75) is 0 Å². The minimum Gasteiger partial charge on any atom is -0.359 e. The van der Waals surface area contributed by atoms with Gasteiger partial charge in [0.2, 0.25) is 5.52 Å². The molecule has 0 aliphatic carbocycles. The quantitative estimate of drug-likeness (QED) is 0.332. The minimum atomic E-state index is -0.983. The van der Waals surface area contributed by atoms with E-state index in [2.05, 4.69) is 9.79 Å². The summed E-state index contributed by atoms with van der Waals surface area (Å²) in [4.78, 5) is 19.2. The third kappa shape index (κ3) is 1.96. The van der Waals surface area contributed by atoms with E-state index in [1.165, 1.54) is 0 Å². The van der Waals surface area contributed by atoms with Gasteiger partial charge >= 0.3 is 16.9 Å². The fourth-order valence-electron chi connectivity index (χ4n) is 1.24. The molecule has 0 atom stereocenters. The summed E-state index contributed by atoms with van der Waals surface area (Å²) in [6.07, 6.45) is 0. The van der Waals surface area contributed by atoms with E-state index in [-0.39, 0.29) is 32.8 Å². The number of rotatable bonds is 2. The van der Waals surface area contributed by atoms with Crippen LogP contribution in [0.25, 0.3) is 11.0 Å². The zero-order valence-corrected chi connectivity index (χ0v) is 9.18. The molecule has 1 aromatic carbocycles. The van der Waals surface area contributed by atoms with E-state index < -0.39 is 26.7 Å². The summed E-state index contributed by atoms with van der Waals surface area (Å²) < 4.78 is 4.12. The molecule has 10 nitrogen and oxygen atoms in total. The summed E-state index contributed by atoms with van der Waals surface area (Å²) in [5.74, 6) is 0. The molecule has 2 rings (SSSR count). The fraction of sp³-hybridized carbons (Fsp3) is 0. The Balaban J connectivity index is 0.00000144. The van der Waals surface area contributed by atoms with Crippen molar-refractivity contribution >= 4 is 22.4 Å². The first-order chi connectivity index (χ1) is 7.52. The Bertz CT molecular complexity index is 610. The van der Waals surface area contributed by atoms with Gasteiger partial charge in [-0.25, -0.2) is 0 Å². The average molecular weight is 334 g/mol. The summed E-state index contributed by atoms with van der Waals surface area (Å²) in [6, 6.07) is 1.88. The average Bonchev–Trinajstić information content (AvgIpc) is 2.58. The number of nitro groups is 2. The van der Waals surface area contributed by atoms with Crippen LogP contribution in [0.15, 0.2) is 16.8 Å². The second-order valence-electron chi connectivity index (χ2n) is 2.75. The van der Waals surface area contributed by atoms with Crippen LogP contribution in [0.3, 0.4) is 0 Å². The molecule has 0 aliphatic heterocycles. The van der Waals surface area contributed by atoms with Crippen molar-refractivity contribution in [3.05, 3.63) is 37.6 Å². The first-order valence-electron chi connectivity index (χ1n) is 3.83. The Morgan fingerprint density at radius 1 is 1.24 bits per heavy atom. The zero-order valence-electron chi connectivity index (χ0n) is 7.69. The molecule has 1 aromatic heterocycles. The molecule has 1 heterocycles. The molecule has 0 aliphatic rings. The molecular formula is C6H2AgN4O6. The summed E-state index contributed by atoms with van der Waals surface area (Å²) in [5.41, 5.74) is -2.29. The number of nitrogens with zero attached hydrogens (tertiary/aromatic N) is 4. The van der Waals surface area contributed by atoms with Gasteiger partial charge in [-0.15, -0.1) is 0 Å². The van der Waals surface area contributed by atoms with Gasteiger partial charge in [-0.2, -0.15) is 0 Å². The van der Waals surface area contributed by atoms with Gasteiger partial charge in [0.1, 0.15) is 0 Å². The number of hydrogen-bond acceptors (Lipinski definition) is 7. The predicted octanol–water partition coefficient (Wildman–Crippen LogP) is 0.275. The van der Waals surface area contributed by atoms with Crippen LogP contribution in [0, 0.1) is 25.4 Å². The smallest absolute Gasteiger partial charge is 0.359 e. The van der Waals surface area contributed by atoms with Gasteiger partial charge in [-0.3, -0.25) is 24.9 Å². The number of nitro benzene ring substituents is 2. The minimum absolute atomic E-state index is 0. The molecule has 0 fully saturated rings. The Morgan fingerprint density at radius 3 is 2.41 bits per heavy atom. The summed E-state index contributed by atoms with van der Waals surface area (Å²) >= 11 is 0. The van der Waals surface area contributed by atoms with Gasteiger partial charge in [0, 0.05) is 34.5 Å². The Hall–Kier alpha value is -2.04. The summed E-state index contributed by atoms with van der Waals surface area (Å²) in [5, 5.41) is 35.2. The van der Waals surface area contributed by atoms with Gasteiger partial charge in [-0.1, -0.05) is 0 Å². The predicted molar refractivity (Wildman–Crippen MR) is 46.3 cm³/mol. The van der Waals surface area contributed by atoms with Crippen molar-refractivity contribution in [3.8, 4) is 0 Å². The van der Waals surface area contributed by atoms with Crippen molar-refractivity contribution in [2.24, 2.45) is 0 Å². The SMILES string of the molecule is O=[N+]([O-])c1ccc2c(no[n+]2[O-])c1[N+](=O)[O-].[Ag]. The number of benzene rings is 1. The van der Waals surface area contributed by atoms with Crippen LogP contribution < -0.4 is 4.90 Å². The maximum absolute atomic E-state index is 10.9. The van der Waals surface area contributed by atoms with Gasteiger partial charge in [0.05, 0.1) is 15.0 Å². The van der Waals surface area contributed by atoms with E-state index in [4.69, 9.17) is 0 Å². The van der Waals surface area contributed by atoms with Crippen molar-refractivity contribution in [1.82, 2.24) is 5.16 Å². The first-order valence-corrected chi connectivity index (χ1v) is 3.83. The maximum Gasteiger partial charge on any atom is 0.403 e. The fourth-order valence-corrected chi connectivity index (χ4v) is 1.24. The van der Waals surface area contributed by atoms with Gasteiger partial charge in [0.25, 0.3) is 0 Å². The first kappa shape index (κ1) is 13.0. The molecule has 1 radical (unpaired) electrons. The van der Waals surface area contributed by atoms with Gasteiger partial charge < -0.3 is 5.21 Å². The van der Waals surface area contributed by atoms with Crippen molar-refractivity contribution < 1.29 is 41.8 Å². The van der Waals surface area contributed by atoms with Crippen LogP contribution in [-0.4, -0.2) is 15.0 Å². The zero-order chi connectivity index (χ0) is 11.9. The van der Waals surface area contributed by atoms with Crippen molar-refractivity contribution in [3.63, 3.8) is 0 Å². The largest absolute Gasteiger partial charge is 0.403 e. The normalized spacial score (nSPS) is 9.88. The van der Waals surface area contributed by atoms with Crippen LogP contribution in [0.2, 0.25) is 0 Å². The molecule has 2 aromatic rings. The second kappa shape index (κ2) is 4.45. The monoisotopic (exact) mass is 333 g/mol. The molecule has 0 bridgehead atoms. The van der Waals surface area contributed by atoms with E-state index in [1.807, 2.05) is 0 Å². The molecule has 17 heavy (non-hydrogen) atoms. The summed E-state index contributed by atoms with van der Waals surface area (Å²) in [6.45, 7) is 0. The van der Waals surface area contributed by atoms with Crippen LogP contribution in [-0.2, 0) is 22.4 Å². The van der Waals surface area contributed by atoms with Crippen molar-refractivity contribution in [2.75, 3.05) is 0 Å². The number of aromatic nitrogens is 2. The Morgan fingerprint density at radius 2 is 1.88 bits per heavy atom. The van der Waals surface area contributed by atoms with E-state index in [1.54, 1.807) is 0 Å². The van der Waals surface area contributed by atoms with E-state index in [0.29, 0.717) is 0 Å². The topological polar surface area (TPSA) is 139 Å². The number of fused-ring (bicyclic) bond motifs is 1. The molecule has 0 unspecified atom stereocenters. The molecule has 0 N–H and O–H groups in total.